The largest absolute Gasteiger partial charge is 0.320 e. The maximum absolute atomic E-state index is 12.5. The van der Waals surface area contributed by atoms with E-state index in [2.05, 4.69) is 15.9 Å². The summed E-state index contributed by atoms with van der Waals surface area (Å²) in [7, 11) is -3.30. The normalized spacial score (nSPS) is 19.9. The Morgan fingerprint density at radius 1 is 1.50 bits per heavy atom. The smallest absolute Gasteiger partial charge is 0.255 e. The van der Waals surface area contributed by atoms with Crippen molar-refractivity contribution in [2.75, 3.05) is 24.3 Å². The number of thioether (sulfide) groups is 1. The molecule has 1 aromatic rings. The van der Waals surface area contributed by atoms with E-state index in [1.807, 2.05) is 0 Å². The van der Waals surface area contributed by atoms with E-state index in [4.69, 9.17) is 11.6 Å². The number of hydrogen-bond donors (Lipinski definition) is 0. The zero-order valence-corrected chi connectivity index (χ0v) is 14.7. The van der Waals surface area contributed by atoms with E-state index in [0.29, 0.717) is 27.4 Å². The van der Waals surface area contributed by atoms with Crippen LogP contribution < -0.4 is 0 Å². The molecule has 1 fully saturated rings. The van der Waals surface area contributed by atoms with Crippen molar-refractivity contribution in [2.45, 2.75) is 5.37 Å². The van der Waals surface area contributed by atoms with Gasteiger partial charge < -0.3 is 4.90 Å². The Labute approximate surface area is 135 Å². The Balaban J connectivity index is 2.32. The molecule has 0 N–H and O–H groups in total. The van der Waals surface area contributed by atoms with Gasteiger partial charge in [0.15, 0.2) is 9.84 Å². The molecule has 0 aromatic heterocycles. The lowest BCUT2D eigenvalue weighted by atomic mass is 10.2. The van der Waals surface area contributed by atoms with E-state index in [-0.39, 0.29) is 5.91 Å². The van der Waals surface area contributed by atoms with Gasteiger partial charge in [-0.2, -0.15) is 11.8 Å². The Morgan fingerprint density at radius 2 is 2.20 bits per heavy atom. The fraction of sp³-hybridized carbons (Fsp3) is 0.417. The summed E-state index contributed by atoms with van der Waals surface area (Å²) in [5.74, 6) is 0.853. The zero-order valence-electron chi connectivity index (χ0n) is 10.7. The fourth-order valence-electron chi connectivity index (χ4n) is 1.96. The average Bonchev–Trinajstić information content (AvgIpc) is 2.40. The van der Waals surface area contributed by atoms with Gasteiger partial charge in [0.2, 0.25) is 0 Å². The van der Waals surface area contributed by atoms with E-state index in [9.17, 15) is 13.2 Å². The summed E-state index contributed by atoms with van der Waals surface area (Å²) in [5.41, 5.74) is 0.402. The number of sulfone groups is 1. The molecule has 1 atom stereocenters. The molecule has 0 spiro atoms. The molecule has 0 bridgehead atoms. The number of nitrogens with zero attached hydrogens (tertiary/aromatic N) is 1. The van der Waals surface area contributed by atoms with Gasteiger partial charge in [-0.05, 0) is 34.1 Å². The predicted octanol–water partition coefficient (Wildman–Crippen LogP) is 2.66. The zero-order chi connectivity index (χ0) is 14.9. The van der Waals surface area contributed by atoms with E-state index >= 15 is 0 Å². The molecule has 1 amide bonds. The maximum atomic E-state index is 12.5. The molecule has 0 radical (unpaired) electrons. The maximum Gasteiger partial charge on any atom is 0.255 e. The van der Waals surface area contributed by atoms with E-state index in [1.54, 1.807) is 30.0 Å². The van der Waals surface area contributed by atoms with Gasteiger partial charge in [0.25, 0.3) is 5.91 Å². The number of amides is 1. The number of halogens is 2. The first-order chi connectivity index (χ1) is 9.30. The van der Waals surface area contributed by atoms with Gasteiger partial charge in [0.05, 0.1) is 5.02 Å². The van der Waals surface area contributed by atoms with Crippen molar-refractivity contribution in [1.29, 1.82) is 0 Å². The van der Waals surface area contributed by atoms with Crippen LogP contribution in [0.4, 0.5) is 0 Å². The van der Waals surface area contributed by atoms with Crippen LogP contribution in [0, 0.1) is 0 Å². The third-order valence-corrected chi connectivity index (χ3v) is 6.88. The van der Waals surface area contributed by atoms with Crippen LogP contribution >= 0.6 is 39.3 Å². The second kappa shape index (κ2) is 6.25. The van der Waals surface area contributed by atoms with Crippen LogP contribution in [-0.2, 0) is 9.84 Å². The highest BCUT2D eigenvalue weighted by Crippen LogP contribution is 2.26. The van der Waals surface area contributed by atoms with Gasteiger partial charge >= 0.3 is 0 Å². The van der Waals surface area contributed by atoms with E-state index in [1.165, 1.54) is 11.2 Å². The SMILES string of the molecule is CS(=O)(=O)C1CSCCN1C(=O)c1ccc(Br)c(Cl)c1. The molecule has 1 unspecified atom stereocenters. The van der Waals surface area contributed by atoms with E-state index in [0.717, 1.165) is 5.75 Å². The minimum absolute atomic E-state index is 0.296. The number of carbonyl (C=O) groups is 1. The fourth-order valence-corrected chi connectivity index (χ4v) is 5.21. The number of hydrogen-bond acceptors (Lipinski definition) is 4. The third kappa shape index (κ3) is 3.50. The summed E-state index contributed by atoms with van der Waals surface area (Å²) in [4.78, 5) is 13.9. The number of carbonyl (C=O) groups excluding carboxylic acids is 1. The second-order valence-corrected chi connectivity index (χ2v) is 9.10. The molecule has 1 saturated heterocycles. The van der Waals surface area contributed by atoms with Crippen molar-refractivity contribution in [2.24, 2.45) is 0 Å². The third-order valence-electron chi connectivity index (χ3n) is 3.01. The summed E-state index contributed by atoms with van der Waals surface area (Å²) >= 11 is 10.8. The van der Waals surface area contributed by atoms with Gasteiger partial charge in [-0.15, -0.1) is 0 Å². The first-order valence-corrected chi connectivity index (χ1v) is 10.1. The summed E-state index contributed by atoms with van der Waals surface area (Å²) < 4.78 is 24.3. The molecule has 1 aromatic carbocycles. The van der Waals surface area contributed by atoms with Crippen LogP contribution in [0.3, 0.4) is 0 Å². The molecule has 8 heteroatoms. The molecular formula is C12H13BrClNO3S2. The minimum Gasteiger partial charge on any atom is -0.320 e. The molecule has 110 valence electrons. The van der Waals surface area contributed by atoms with Crippen molar-refractivity contribution in [1.82, 2.24) is 4.90 Å². The molecule has 4 nitrogen and oxygen atoms in total. The number of benzene rings is 1. The lowest BCUT2D eigenvalue weighted by Gasteiger charge is -2.34. The average molecular weight is 399 g/mol. The molecule has 1 aliphatic rings. The summed E-state index contributed by atoms with van der Waals surface area (Å²) in [6.07, 6.45) is 1.17. The van der Waals surface area contributed by atoms with Crippen molar-refractivity contribution in [3.8, 4) is 0 Å². The van der Waals surface area contributed by atoms with Crippen LogP contribution in [0.5, 0.6) is 0 Å². The van der Waals surface area contributed by atoms with E-state index < -0.39 is 15.2 Å². The lowest BCUT2D eigenvalue weighted by molar-refractivity contribution is 0.0749. The quantitative estimate of drug-likeness (QED) is 0.768. The lowest BCUT2D eigenvalue weighted by Crippen LogP contribution is -2.49. The van der Waals surface area contributed by atoms with Crippen molar-refractivity contribution in [3.05, 3.63) is 33.3 Å². The van der Waals surface area contributed by atoms with Crippen LogP contribution in [0.1, 0.15) is 10.4 Å². The van der Waals surface area contributed by atoms with Gasteiger partial charge in [0.1, 0.15) is 5.37 Å². The highest BCUT2D eigenvalue weighted by molar-refractivity contribution is 9.10. The molecule has 1 aliphatic heterocycles. The Hall–Kier alpha value is -0.240. The molecule has 2 rings (SSSR count). The van der Waals surface area contributed by atoms with Gasteiger partial charge in [-0.3, -0.25) is 4.79 Å². The highest BCUT2D eigenvalue weighted by atomic mass is 79.9. The van der Waals surface area contributed by atoms with Crippen molar-refractivity contribution in [3.63, 3.8) is 0 Å². The van der Waals surface area contributed by atoms with Crippen molar-refractivity contribution >= 4 is 55.0 Å². The molecule has 20 heavy (non-hydrogen) atoms. The summed E-state index contributed by atoms with van der Waals surface area (Å²) in [5, 5.41) is -0.339. The molecule has 1 heterocycles. The Morgan fingerprint density at radius 3 is 2.80 bits per heavy atom. The predicted molar refractivity (Wildman–Crippen MR) is 86.1 cm³/mol. The van der Waals surface area contributed by atoms with Crippen LogP contribution in [-0.4, -0.2) is 48.9 Å². The van der Waals surface area contributed by atoms with Gasteiger partial charge in [-0.25, -0.2) is 8.42 Å². The Bertz CT molecular complexity index is 636. The summed E-state index contributed by atoms with van der Waals surface area (Å²) in [6.45, 7) is 0.426. The van der Waals surface area contributed by atoms with Gasteiger partial charge in [0, 0.05) is 34.3 Å². The Kier molecular flexibility index (Phi) is 5.05. The second-order valence-electron chi connectivity index (χ2n) is 4.49. The first-order valence-electron chi connectivity index (χ1n) is 5.83. The number of rotatable bonds is 2. The molecule has 0 saturated carbocycles. The topological polar surface area (TPSA) is 54.5 Å². The van der Waals surface area contributed by atoms with Crippen LogP contribution in [0.2, 0.25) is 5.02 Å². The summed E-state index contributed by atoms with van der Waals surface area (Å²) in [6, 6.07) is 4.87. The monoisotopic (exact) mass is 397 g/mol. The first kappa shape index (κ1) is 16.1. The highest BCUT2D eigenvalue weighted by Gasteiger charge is 2.34. The van der Waals surface area contributed by atoms with Crippen LogP contribution in [0.25, 0.3) is 0 Å². The van der Waals surface area contributed by atoms with Crippen LogP contribution in [0.15, 0.2) is 22.7 Å². The minimum atomic E-state index is -3.30. The standard InChI is InChI=1S/C12H13BrClNO3S2/c1-20(17,18)11-7-19-5-4-15(11)12(16)8-2-3-9(13)10(14)6-8/h2-3,6,11H,4-5,7H2,1H3. The van der Waals surface area contributed by atoms with Crippen molar-refractivity contribution < 1.29 is 13.2 Å². The molecule has 0 aliphatic carbocycles. The van der Waals surface area contributed by atoms with Gasteiger partial charge in [-0.1, -0.05) is 11.6 Å². The molecular weight excluding hydrogens is 386 g/mol.